The zero-order chi connectivity index (χ0) is 15.6. The lowest BCUT2D eigenvalue weighted by molar-refractivity contribution is -0.144. The van der Waals surface area contributed by atoms with Crippen LogP contribution in [0.5, 0.6) is 0 Å². The van der Waals surface area contributed by atoms with E-state index in [9.17, 15) is 14.7 Å². The van der Waals surface area contributed by atoms with Gasteiger partial charge in [-0.1, -0.05) is 30.3 Å². The van der Waals surface area contributed by atoms with E-state index in [1.165, 1.54) is 6.92 Å². The van der Waals surface area contributed by atoms with Crippen molar-refractivity contribution in [2.24, 2.45) is 0 Å². The molecule has 0 bridgehead atoms. The number of carbonyl (C=O) groups excluding carboxylic acids is 1. The minimum Gasteiger partial charge on any atom is -0.479 e. The van der Waals surface area contributed by atoms with Gasteiger partial charge in [0, 0.05) is 5.69 Å². The number of carbonyl (C=O) groups is 2. The molecule has 0 aliphatic carbocycles. The number of aryl methyl sites for hydroxylation is 2. The monoisotopic (exact) mass is 287 g/mol. The van der Waals surface area contributed by atoms with E-state index in [1.807, 2.05) is 0 Å². The molecule has 2 rings (SSSR count). The lowest BCUT2D eigenvalue weighted by atomic mass is 9.91. The van der Waals surface area contributed by atoms with Gasteiger partial charge in [-0.2, -0.15) is 5.10 Å². The standard InChI is InChI=1S/C15H17N3O3/c1-9-12(10(2)18-17-9)13(19)16-15(3,14(20)21)11-7-5-4-6-8-11/h4-8H,1-3H3,(H,16,19)(H,17,18)(H,20,21). The van der Waals surface area contributed by atoms with Gasteiger partial charge in [-0.25, -0.2) is 4.79 Å². The van der Waals surface area contributed by atoms with Crippen molar-refractivity contribution >= 4 is 11.9 Å². The number of aliphatic carboxylic acids is 1. The molecule has 2 aromatic rings. The summed E-state index contributed by atoms with van der Waals surface area (Å²) in [7, 11) is 0. The highest BCUT2D eigenvalue weighted by Crippen LogP contribution is 2.22. The quantitative estimate of drug-likeness (QED) is 0.798. The largest absolute Gasteiger partial charge is 0.479 e. The fraction of sp³-hybridized carbons (Fsp3) is 0.267. The van der Waals surface area contributed by atoms with Crippen LogP contribution in [0.1, 0.15) is 34.2 Å². The molecule has 21 heavy (non-hydrogen) atoms. The highest BCUT2D eigenvalue weighted by molar-refractivity contribution is 5.99. The van der Waals surface area contributed by atoms with Crippen LogP contribution >= 0.6 is 0 Å². The van der Waals surface area contributed by atoms with Crippen LogP contribution in [0.3, 0.4) is 0 Å². The summed E-state index contributed by atoms with van der Waals surface area (Å²) in [6, 6.07) is 8.60. The molecular formula is C15H17N3O3. The number of aromatic nitrogens is 2. The SMILES string of the molecule is Cc1n[nH]c(C)c1C(=O)NC(C)(C(=O)O)c1ccccc1. The maximum atomic E-state index is 12.4. The molecule has 1 atom stereocenters. The molecule has 1 aromatic heterocycles. The average Bonchev–Trinajstić information content (AvgIpc) is 2.78. The molecule has 0 spiro atoms. The van der Waals surface area contributed by atoms with Crippen molar-refractivity contribution < 1.29 is 14.7 Å². The number of hydrogen-bond donors (Lipinski definition) is 3. The number of nitrogens with zero attached hydrogens (tertiary/aromatic N) is 1. The van der Waals surface area contributed by atoms with Gasteiger partial charge >= 0.3 is 5.97 Å². The van der Waals surface area contributed by atoms with Gasteiger partial charge in [0.25, 0.3) is 5.91 Å². The minimum absolute atomic E-state index is 0.374. The van der Waals surface area contributed by atoms with E-state index in [4.69, 9.17) is 0 Å². The zero-order valence-electron chi connectivity index (χ0n) is 12.1. The van der Waals surface area contributed by atoms with E-state index >= 15 is 0 Å². The highest BCUT2D eigenvalue weighted by Gasteiger charge is 2.37. The molecule has 1 unspecified atom stereocenters. The Bertz CT molecular complexity index is 659. The normalized spacial score (nSPS) is 13.5. The first kappa shape index (κ1) is 14.8. The summed E-state index contributed by atoms with van der Waals surface area (Å²) in [6.07, 6.45) is 0. The lowest BCUT2D eigenvalue weighted by Crippen LogP contribution is -2.49. The Morgan fingerprint density at radius 2 is 1.86 bits per heavy atom. The Kier molecular flexibility index (Phi) is 3.80. The molecule has 0 fully saturated rings. The van der Waals surface area contributed by atoms with Crippen LogP contribution in [0.2, 0.25) is 0 Å². The van der Waals surface area contributed by atoms with E-state index in [0.717, 1.165) is 0 Å². The number of carboxylic acid groups (broad SMARTS) is 1. The number of rotatable bonds is 4. The van der Waals surface area contributed by atoms with Crippen molar-refractivity contribution in [1.82, 2.24) is 15.5 Å². The van der Waals surface area contributed by atoms with Crippen LogP contribution in [0.15, 0.2) is 30.3 Å². The summed E-state index contributed by atoms with van der Waals surface area (Å²) in [6.45, 7) is 4.88. The smallest absolute Gasteiger partial charge is 0.333 e. The molecule has 0 radical (unpaired) electrons. The van der Waals surface area contributed by atoms with Crippen LogP contribution in [-0.2, 0) is 10.3 Å². The van der Waals surface area contributed by atoms with Gasteiger partial charge < -0.3 is 10.4 Å². The minimum atomic E-state index is -1.51. The van der Waals surface area contributed by atoms with E-state index in [-0.39, 0.29) is 0 Å². The Morgan fingerprint density at radius 3 is 2.33 bits per heavy atom. The first-order valence-corrected chi connectivity index (χ1v) is 6.49. The van der Waals surface area contributed by atoms with Crippen molar-refractivity contribution in [3.63, 3.8) is 0 Å². The van der Waals surface area contributed by atoms with E-state index < -0.39 is 17.4 Å². The number of carboxylic acids is 1. The third-order valence-corrected chi connectivity index (χ3v) is 3.50. The van der Waals surface area contributed by atoms with Crippen LogP contribution in [0.4, 0.5) is 0 Å². The van der Waals surface area contributed by atoms with Crippen molar-refractivity contribution in [1.29, 1.82) is 0 Å². The van der Waals surface area contributed by atoms with Gasteiger partial charge in [0.05, 0.1) is 11.3 Å². The molecule has 6 nitrogen and oxygen atoms in total. The predicted octanol–water partition coefficient (Wildman–Crippen LogP) is 1.76. The summed E-state index contributed by atoms with van der Waals surface area (Å²) in [5, 5.41) is 18.8. The molecule has 0 aliphatic heterocycles. The van der Waals surface area contributed by atoms with Gasteiger partial charge in [-0.05, 0) is 26.3 Å². The second-order valence-corrected chi connectivity index (χ2v) is 5.06. The summed E-state index contributed by atoms with van der Waals surface area (Å²) in [5.41, 5.74) is 0.508. The zero-order valence-corrected chi connectivity index (χ0v) is 12.1. The molecule has 110 valence electrons. The fourth-order valence-electron chi connectivity index (χ4n) is 2.20. The van der Waals surface area contributed by atoms with E-state index in [1.54, 1.807) is 44.2 Å². The first-order chi connectivity index (χ1) is 9.86. The molecular weight excluding hydrogens is 270 g/mol. The summed E-state index contributed by atoms with van der Waals surface area (Å²) >= 11 is 0. The van der Waals surface area contributed by atoms with Crippen LogP contribution in [0, 0.1) is 13.8 Å². The van der Waals surface area contributed by atoms with Crippen molar-refractivity contribution in [2.45, 2.75) is 26.3 Å². The van der Waals surface area contributed by atoms with Crippen LogP contribution in [-0.4, -0.2) is 27.2 Å². The number of aromatic amines is 1. The van der Waals surface area contributed by atoms with Gasteiger partial charge in [-0.15, -0.1) is 0 Å². The molecule has 1 heterocycles. The average molecular weight is 287 g/mol. The third-order valence-electron chi connectivity index (χ3n) is 3.50. The van der Waals surface area contributed by atoms with Crippen molar-refractivity contribution in [3.8, 4) is 0 Å². The predicted molar refractivity (Wildman–Crippen MR) is 77.0 cm³/mol. The van der Waals surface area contributed by atoms with Crippen molar-refractivity contribution in [2.75, 3.05) is 0 Å². The molecule has 6 heteroatoms. The first-order valence-electron chi connectivity index (χ1n) is 6.49. The van der Waals surface area contributed by atoms with E-state index in [2.05, 4.69) is 15.5 Å². The number of amides is 1. The number of H-pyrrole nitrogens is 1. The highest BCUT2D eigenvalue weighted by atomic mass is 16.4. The summed E-state index contributed by atoms with van der Waals surface area (Å²) in [5.74, 6) is -1.59. The molecule has 1 amide bonds. The lowest BCUT2D eigenvalue weighted by Gasteiger charge is -2.26. The maximum Gasteiger partial charge on any atom is 0.333 e. The number of hydrogen-bond acceptors (Lipinski definition) is 3. The molecule has 1 aromatic carbocycles. The maximum absolute atomic E-state index is 12.4. The van der Waals surface area contributed by atoms with Gasteiger partial charge in [-0.3, -0.25) is 9.89 Å². The van der Waals surface area contributed by atoms with Gasteiger partial charge in [0.1, 0.15) is 0 Å². The van der Waals surface area contributed by atoms with Gasteiger partial charge in [0.2, 0.25) is 0 Å². The Balaban J connectivity index is 2.38. The third kappa shape index (κ3) is 2.65. The second-order valence-electron chi connectivity index (χ2n) is 5.06. The van der Waals surface area contributed by atoms with E-state index in [0.29, 0.717) is 22.5 Å². The Labute approximate surface area is 122 Å². The molecule has 0 saturated carbocycles. The second kappa shape index (κ2) is 5.40. The molecule has 0 aliphatic rings. The fourth-order valence-corrected chi connectivity index (χ4v) is 2.20. The van der Waals surface area contributed by atoms with Crippen molar-refractivity contribution in [3.05, 3.63) is 52.8 Å². The van der Waals surface area contributed by atoms with Gasteiger partial charge in [0.15, 0.2) is 5.54 Å². The molecule has 3 N–H and O–H groups in total. The number of nitrogens with one attached hydrogen (secondary N) is 2. The summed E-state index contributed by atoms with van der Waals surface area (Å²) in [4.78, 5) is 24.1. The Morgan fingerprint density at radius 1 is 1.24 bits per heavy atom. The topological polar surface area (TPSA) is 95.1 Å². The van der Waals surface area contributed by atoms with Crippen LogP contribution in [0.25, 0.3) is 0 Å². The Hall–Kier alpha value is -2.63. The van der Waals surface area contributed by atoms with Crippen LogP contribution < -0.4 is 5.32 Å². The summed E-state index contributed by atoms with van der Waals surface area (Å²) < 4.78 is 0. The number of benzene rings is 1. The molecule has 0 saturated heterocycles.